The number of guanidine groups is 2. The van der Waals surface area contributed by atoms with Gasteiger partial charge in [-0.3, -0.25) is 0 Å². The number of halogens is 3. The minimum atomic E-state index is -4.49. The van der Waals surface area contributed by atoms with Crippen LogP contribution in [0.1, 0.15) is 11.4 Å². The van der Waals surface area contributed by atoms with Gasteiger partial charge in [-0.2, -0.15) is 23.3 Å². The van der Waals surface area contributed by atoms with Gasteiger partial charge in [0.15, 0.2) is 11.7 Å². The minimum absolute atomic E-state index is 0.132. The lowest BCUT2D eigenvalue weighted by Crippen LogP contribution is -2.26. The Balaban J connectivity index is 2.30. The van der Waals surface area contributed by atoms with Crippen molar-refractivity contribution in [3.63, 3.8) is 0 Å². The first kappa shape index (κ1) is 16.3. The van der Waals surface area contributed by atoms with Gasteiger partial charge in [-0.25, -0.2) is 9.67 Å². The molecule has 0 bridgehead atoms. The van der Waals surface area contributed by atoms with Crippen LogP contribution in [0.5, 0.6) is 0 Å². The molecule has 2 aromatic rings. The van der Waals surface area contributed by atoms with Crippen molar-refractivity contribution in [3.05, 3.63) is 41.7 Å². The quantitative estimate of drug-likeness (QED) is 0.571. The molecule has 0 aliphatic heterocycles. The SMILES string of the molecule is Cc1cc(C(F)(F)F)nn1-c1ccc(N=C(N)N=C(N)N)cc1. The van der Waals surface area contributed by atoms with Gasteiger partial charge in [0, 0.05) is 5.69 Å². The summed E-state index contributed by atoms with van der Waals surface area (Å²) in [6.45, 7) is 1.53. The highest BCUT2D eigenvalue weighted by atomic mass is 19.4. The molecule has 23 heavy (non-hydrogen) atoms. The fourth-order valence-electron chi connectivity index (χ4n) is 1.83. The van der Waals surface area contributed by atoms with Gasteiger partial charge in [0.1, 0.15) is 0 Å². The number of rotatable bonds is 2. The third-order valence-electron chi connectivity index (χ3n) is 2.76. The number of aliphatic imine (C=N–C) groups is 2. The fourth-order valence-corrected chi connectivity index (χ4v) is 1.83. The Morgan fingerprint density at radius 3 is 2.22 bits per heavy atom. The predicted molar refractivity (Wildman–Crippen MR) is 80.4 cm³/mol. The molecule has 2 rings (SSSR count). The summed E-state index contributed by atoms with van der Waals surface area (Å²) in [5, 5.41) is 3.56. The van der Waals surface area contributed by atoms with Crippen LogP contribution in [0.15, 0.2) is 40.3 Å². The molecule has 0 fully saturated rings. The molecule has 0 saturated carbocycles. The molecule has 0 aliphatic carbocycles. The van der Waals surface area contributed by atoms with Crippen molar-refractivity contribution < 1.29 is 13.2 Å². The second-order valence-electron chi connectivity index (χ2n) is 4.60. The number of nitrogens with zero attached hydrogens (tertiary/aromatic N) is 4. The molecular formula is C13H14F3N7. The normalized spacial score (nSPS) is 12.3. The average Bonchev–Trinajstić information content (AvgIpc) is 2.81. The first-order valence-electron chi connectivity index (χ1n) is 6.35. The van der Waals surface area contributed by atoms with Crippen LogP contribution in [-0.2, 0) is 6.18 Å². The van der Waals surface area contributed by atoms with Gasteiger partial charge in [0.25, 0.3) is 0 Å². The Bertz CT molecular complexity index is 753. The van der Waals surface area contributed by atoms with E-state index in [2.05, 4.69) is 15.1 Å². The van der Waals surface area contributed by atoms with Gasteiger partial charge >= 0.3 is 6.18 Å². The van der Waals surface area contributed by atoms with E-state index in [9.17, 15) is 13.2 Å². The molecule has 122 valence electrons. The summed E-state index contributed by atoms with van der Waals surface area (Å²) in [7, 11) is 0. The van der Waals surface area contributed by atoms with E-state index < -0.39 is 11.9 Å². The van der Waals surface area contributed by atoms with E-state index in [1.807, 2.05) is 0 Å². The minimum Gasteiger partial charge on any atom is -0.370 e. The van der Waals surface area contributed by atoms with Gasteiger partial charge in [0.05, 0.1) is 11.4 Å². The van der Waals surface area contributed by atoms with Gasteiger partial charge in [-0.15, -0.1) is 0 Å². The Labute approximate surface area is 129 Å². The lowest BCUT2D eigenvalue weighted by atomic mass is 10.3. The zero-order chi connectivity index (χ0) is 17.2. The second kappa shape index (κ2) is 5.99. The molecule has 6 N–H and O–H groups in total. The molecule has 0 radical (unpaired) electrons. The Morgan fingerprint density at radius 1 is 1.13 bits per heavy atom. The molecule has 0 aliphatic rings. The predicted octanol–water partition coefficient (Wildman–Crippen LogP) is 1.42. The number of hydrogen-bond donors (Lipinski definition) is 3. The van der Waals surface area contributed by atoms with Crippen molar-refractivity contribution in [2.24, 2.45) is 27.2 Å². The lowest BCUT2D eigenvalue weighted by Gasteiger charge is -2.05. The Kier molecular flexibility index (Phi) is 4.25. The maximum absolute atomic E-state index is 12.7. The summed E-state index contributed by atoms with van der Waals surface area (Å²) < 4.78 is 39.2. The summed E-state index contributed by atoms with van der Waals surface area (Å²) in [4.78, 5) is 7.49. The molecule has 0 atom stereocenters. The van der Waals surface area contributed by atoms with Crippen molar-refractivity contribution in [2.45, 2.75) is 13.1 Å². The molecule has 0 amide bonds. The maximum Gasteiger partial charge on any atom is 0.435 e. The zero-order valence-electron chi connectivity index (χ0n) is 12.0. The van der Waals surface area contributed by atoms with E-state index in [1.54, 1.807) is 24.3 Å². The molecule has 1 heterocycles. The number of aryl methyl sites for hydroxylation is 1. The maximum atomic E-state index is 12.7. The van der Waals surface area contributed by atoms with Crippen LogP contribution in [0.3, 0.4) is 0 Å². The molecular weight excluding hydrogens is 311 g/mol. The molecule has 1 aromatic carbocycles. The molecule has 0 saturated heterocycles. The largest absolute Gasteiger partial charge is 0.435 e. The monoisotopic (exact) mass is 325 g/mol. The van der Waals surface area contributed by atoms with Crippen molar-refractivity contribution in [1.82, 2.24) is 9.78 Å². The second-order valence-corrected chi connectivity index (χ2v) is 4.60. The highest BCUT2D eigenvalue weighted by Gasteiger charge is 2.34. The molecule has 0 unspecified atom stereocenters. The lowest BCUT2D eigenvalue weighted by molar-refractivity contribution is -0.141. The van der Waals surface area contributed by atoms with E-state index >= 15 is 0 Å². The Morgan fingerprint density at radius 2 is 1.74 bits per heavy atom. The first-order chi connectivity index (χ1) is 10.7. The van der Waals surface area contributed by atoms with Crippen LogP contribution >= 0.6 is 0 Å². The van der Waals surface area contributed by atoms with Crippen molar-refractivity contribution in [3.8, 4) is 5.69 Å². The van der Waals surface area contributed by atoms with E-state index in [0.29, 0.717) is 17.1 Å². The molecule has 1 aromatic heterocycles. The summed E-state index contributed by atoms with van der Waals surface area (Å²) in [5.41, 5.74) is 16.1. The first-order valence-corrected chi connectivity index (χ1v) is 6.35. The van der Waals surface area contributed by atoms with E-state index in [1.165, 1.54) is 11.6 Å². The number of alkyl halides is 3. The highest BCUT2D eigenvalue weighted by Crippen LogP contribution is 2.29. The van der Waals surface area contributed by atoms with Crippen LogP contribution < -0.4 is 17.2 Å². The van der Waals surface area contributed by atoms with E-state index in [0.717, 1.165) is 6.07 Å². The van der Waals surface area contributed by atoms with Crippen LogP contribution in [0.4, 0.5) is 18.9 Å². The van der Waals surface area contributed by atoms with Crippen LogP contribution in [0, 0.1) is 6.92 Å². The van der Waals surface area contributed by atoms with Crippen LogP contribution in [-0.4, -0.2) is 21.7 Å². The van der Waals surface area contributed by atoms with Crippen LogP contribution in [0.25, 0.3) is 5.69 Å². The summed E-state index contributed by atoms with van der Waals surface area (Å²) in [6, 6.07) is 7.20. The van der Waals surface area contributed by atoms with Gasteiger partial charge < -0.3 is 17.2 Å². The summed E-state index contributed by atoms with van der Waals surface area (Å²) >= 11 is 0. The van der Waals surface area contributed by atoms with Crippen molar-refractivity contribution >= 4 is 17.6 Å². The standard InChI is InChI=1S/C13H14F3N7/c1-7-6-10(13(14,15)16)22-23(7)9-4-2-8(3-5-9)20-12(19)21-11(17)18/h2-6H,1H3,(H6,17,18,19,20,21). The molecule has 0 spiro atoms. The Hall–Kier alpha value is -3.04. The molecule has 7 nitrogen and oxygen atoms in total. The number of hydrogen-bond acceptors (Lipinski definition) is 2. The highest BCUT2D eigenvalue weighted by molar-refractivity contribution is 5.93. The smallest absolute Gasteiger partial charge is 0.370 e. The van der Waals surface area contributed by atoms with Gasteiger partial charge in [0.2, 0.25) is 5.96 Å². The van der Waals surface area contributed by atoms with Crippen LogP contribution in [0.2, 0.25) is 0 Å². The number of benzene rings is 1. The number of nitrogens with two attached hydrogens (primary N) is 3. The summed E-state index contributed by atoms with van der Waals surface area (Å²) in [5.74, 6) is -0.359. The van der Waals surface area contributed by atoms with E-state index in [-0.39, 0.29) is 11.9 Å². The molecule has 10 heteroatoms. The third-order valence-corrected chi connectivity index (χ3v) is 2.76. The van der Waals surface area contributed by atoms with Gasteiger partial charge in [-0.1, -0.05) is 0 Å². The third kappa shape index (κ3) is 3.99. The topological polar surface area (TPSA) is 121 Å². The zero-order valence-corrected chi connectivity index (χ0v) is 12.0. The number of aromatic nitrogens is 2. The summed E-state index contributed by atoms with van der Waals surface area (Å²) in [6.07, 6.45) is -4.49. The van der Waals surface area contributed by atoms with Crippen molar-refractivity contribution in [1.29, 1.82) is 0 Å². The van der Waals surface area contributed by atoms with Gasteiger partial charge in [-0.05, 0) is 37.3 Å². The average molecular weight is 325 g/mol. The van der Waals surface area contributed by atoms with Crippen molar-refractivity contribution in [2.75, 3.05) is 0 Å². The fraction of sp³-hybridized carbons (Fsp3) is 0.154. The van der Waals surface area contributed by atoms with E-state index in [4.69, 9.17) is 17.2 Å².